The maximum absolute atomic E-state index is 6.76. The van der Waals surface area contributed by atoms with Crippen molar-refractivity contribution in [2.75, 3.05) is 0 Å². The number of hydrogen-bond acceptors (Lipinski definition) is 1. The van der Waals surface area contributed by atoms with Crippen LogP contribution in [0.3, 0.4) is 0 Å². The minimum absolute atomic E-state index is 0.0614. The van der Waals surface area contributed by atoms with Crippen molar-refractivity contribution in [2.45, 2.75) is 84.0 Å². The Bertz CT molecular complexity index is 230. The lowest BCUT2D eigenvalue weighted by Gasteiger charge is -2.40. The van der Waals surface area contributed by atoms with Gasteiger partial charge in [-0.05, 0) is 42.0 Å². The number of unbranched alkanes of at least 4 members (excludes halogenated alkanes) is 1. The molecule has 0 rings (SSSR count). The number of rotatable bonds is 10. The molecule has 108 valence electrons. The summed E-state index contributed by atoms with van der Waals surface area (Å²) in [6.45, 7) is 11.5. The molecule has 0 aliphatic carbocycles. The minimum Gasteiger partial charge on any atom is -0.411 e. The fourth-order valence-electron chi connectivity index (χ4n) is 2.53. The molecule has 1 nitrogen and oxygen atoms in total. The van der Waals surface area contributed by atoms with E-state index in [1.807, 2.05) is 0 Å². The first-order valence-corrected chi connectivity index (χ1v) is 11.2. The van der Waals surface area contributed by atoms with E-state index in [9.17, 15) is 0 Å². The van der Waals surface area contributed by atoms with Crippen molar-refractivity contribution in [1.82, 2.24) is 0 Å². The first-order chi connectivity index (χ1) is 8.51. The fraction of sp³-hybridized carbons (Fsp3) is 0.867. The van der Waals surface area contributed by atoms with Gasteiger partial charge in [0.25, 0.3) is 0 Å². The summed E-state index contributed by atoms with van der Waals surface area (Å²) in [4.78, 5) is 0. The first kappa shape index (κ1) is 18.6. The maximum atomic E-state index is 6.76. The summed E-state index contributed by atoms with van der Waals surface area (Å²) in [5, 5.41) is 0. The van der Waals surface area contributed by atoms with Gasteiger partial charge in [0.05, 0.1) is 5.60 Å². The zero-order chi connectivity index (χ0) is 14.1. The molecule has 18 heavy (non-hydrogen) atoms. The molecule has 0 amide bonds. The fourth-order valence-corrected chi connectivity index (χ4v) is 5.95. The Morgan fingerprint density at radius 3 is 2.06 bits per heavy atom. The molecule has 0 spiro atoms. The molecule has 0 aromatic heterocycles. The van der Waals surface area contributed by atoms with Crippen LogP contribution in [0.2, 0.25) is 18.1 Å². The minimum atomic E-state index is -1.49. The van der Waals surface area contributed by atoms with Crippen molar-refractivity contribution in [3.63, 3.8) is 0 Å². The third kappa shape index (κ3) is 6.20. The molecule has 1 atom stereocenters. The van der Waals surface area contributed by atoms with E-state index in [1.165, 1.54) is 37.4 Å². The average molecular weight is 382 g/mol. The van der Waals surface area contributed by atoms with E-state index in [4.69, 9.17) is 4.43 Å². The highest BCUT2D eigenvalue weighted by atomic mass is 127. The Morgan fingerprint density at radius 1 is 1.11 bits per heavy atom. The van der Waals surface area contributed by atoms with Crippen LogP contribution in [0.25, 0.3) is 0 Å². The smallest absolute Gasteiger partial charge is 0.192 e. The number of hydrogen-bond donors (Lipinski definition) is 0. The lowest BCUT2D eigenvalue weighted by molar-refractivity contribution is 0.0667. The second kappa shape index (κ2) is 9.53. The van der Waals surface area contributed by atoms with Crippen LogP contribution in [0.5, 0.6) is 0 Å². The van der Waals surface area contributed by atoms with Gasteiger partial charge < -0.3 is 4.43 Å². The van der Waals surface area contributed by atoms with Gasteiger partial charge in [-0.15, -0.1) is 0 Å². The summed E-state index contributed by atoms with van der Waals surface area (Å²) in [7, 11) is -1.49. The van der Waals surface area contributed by atoms with Crippen LogP contribution >= 0.6 is 22.6 Å². The van der Waals surface area contributed by atoms with E-state index in [-0.39, 0.29) is 5.60 Å². The zero-order valence-corrected chi connectivity index (χ0v) is 16.0. The highest BCUT2D eigenvalue weighted by Crippen LogP contribution is 2.33. The summed E-state index contributed by atoms with van der Waals surface area (Å²) >= 11 is 2.31. The van der Waals surface area contributed by atoms with Crippen LogP contribution < -0.4 is 0 Å². The molecule has 3 heteroatoms. The standard InChI is InChI=1S/C15H31IOSi/c1-6-10-12-15(5,13-11-14-16)17-18(7-2,8-3)9-4/h11,14H,6-10,12-13H2,1-5H3/b14-11+/t15-/m1/s1. The molecule has 0 heterocycles. The Balaban J connectivity index is 4.83. The summed E-state index contributed by atoms with van der Waals surface area (Å²) in [5.74, 6) is 0. The lowest BCUT2D eigenvalue weighted by Crippen LogP contribution is -2.45. The summed E-state index contributed by atoms with van der Waals surface area (Å²) < 4.78 is 8.89. The molecule has 0 fully saturated rings. The van der Waals surface area contributed by atoms with Gasteiger partial charge in [0.1, 0.15) is 0 Å². The van der Waals surface area contributed by atoms with Crippen LogP contribution in [0, 0.1) is 0 Å². The van der Waals surface area contributed by atoms with Crippen LogP contribution in [0.4, 0.5) is 0 Å². The van der Waals surface area contributed by atoms with Gasteiger partial charge in [-0.25, -0.2) is 0 Å². The van der Waals surface area contributed by atoms with E-state index in [2.05, 4.69) is 67.4 Å². The predicted octanol–water partition coefficient (Wildman–Crippen LogP) is 6.30. The highest BCUT2D eigenvalue weighted by Gasteiger charge is 2.36. The Labute approximate surface area is 129 Å². The number of halogens is 1. The topological polar surface area (TPSA) is 9.23 Å². The van der Waals surface area contributed by atoms with Crippen LogP contribution in [-0.2, 0) is 4.43 Å². The van der Waals surface area contributed by atoms with Gasteiger partial charge in [0.2, 0.25) is 0 Å². The molecule has 0 N–H and O–H groups in total. The molecule has 0 aliphatic heterocycles. The van der Waals surface area contributed by atoms with Gasteiger partial charge in [-0.2, -0.15) is 0 Å². The van der Waals surface area contributed by atoms with Crippen molar-refractivity contribution < 1.29 is 4.43 Å². The Morgan fingerprint density at radius 2 is 1.67 bits per heavy atom. The van der Waals surface area contributed by atoms with Gasteiger partial charge in [-0.1, -0.05) is 69.2 Å². The molecule has 0 radical (unpaired) electrons. The monoisotopic (exact) mass is 382 g/mol. The third-order valence-corrected chi connectivity index (χ3v) is 9.39. The Kier molecular flexibility index (Phi) is 9.88. The van der Waals surface area contributed by atoms with Gasteiger partial charge >= 0.3 is 0 Å². The van der Waals surface area contributed by atoms with Gasteiger partial charge in [-0.3, -0.25) is 0 Å². The van der Waals surface area contributed by atoms with Crippen molar-refractivity contribution in [2.24, 2.45) is 0 Å². The van der Waals surface area contributed by atoms with Crippen molar-refractivity contribution >= 4 is 30.9 Å². The molecule has 0 aromatic carbocycles. The van der Waals surface area contributed by atoms with E-state index in [0.29, 0.717) is 0 Å². The quantitative estimate of drug-likeness (QED) is 0.318. The van der Waals surface area contributed by atoms with Crippen molar-refractivity contribution in [1.29, 1.82) is 0 Å². The SMILES string of the molecule is CCCC[C@](C)(C/C=C/I)O[Si](CC)(CC)CC. The van der Waals surface area contributed by atoms with Crippen molar-refractivity contribution in [3.05, 3.63) is 10.2 Å². The zero-order valence-electron chi connectivity index (χ0n) is 12.9. The van der Waals surface area contributed by atoms with E-state index >= 15 is 0 Å². The summed E-state index contributed by atoms with van der Waals surface area (Å²) in [5.41, 5.74) is 0.0614. The molecule has 0 saturated heterocycles. The van der Waals surface area contributed by atoms with E-state index in [0.717, 1.165) is 6.42 Å². The second-order valence-corrected chi connectivity index (χ2v) is 10.9. The van der Waals surface area contributed by atoms with Gasteiger partial charge in [0, 0.05) is 0 Å². The predicted molar refractivity (Wildman–Crippen MR) is 94.0 cm³/mol. The normalized spacial score (nSPS) is 16.1. The second-order valence-electron chi connectivity index (χ2n) is 5.47. The van der Waals surface area contributed by atoms with Crippen LogP contribution in [-0.4, -0.2) is 13.9 Å². The molecule has 0 aromatic rings. The van der Waals surface area contributed by atoms with Gasteiger partial charge in [0.15, 0.2) is 8.32 Å². The first-order valence-electron chi connectivity index (χ1n) is 7.46. The molecule has 0 aliphatic rings. The van der Waals surface area contributed by atoms with E-state index < -0.39 is 8.32 Å². The average Bonchev–Trinajstić information content (AvgIpc) is 2.41. The van der Waals surface area contributed by atoms with Crippen LogP contribution in [0.15, 0.2) is 10.2 Å². The molecule has 0 saturated carbocycles. The largest absolute Gasteiger partial charge is 0.411 e. The molecule has 0 bridgehead atoms. The molecular formula is C15H31IOSi. The third-order valence-electron chi connectivity index (χ3n) is 4.09. The van der Waals surface area contributed by atoms with Crippen LogP contribution in [0.1, 0.15) is 60.3 Å². The lowest BCUT2D eigenvalue weighted by atomic mass is 9.96. The molecule has 0 unspecified atom stereocenters. The summed E-state index contributed by atoms with van der Waals surface area (Å²) in [6.07, 6.45) is 7.04. The van der Waals surface area contributed by atoms with Crippen molar-refractivity contribution in [3.8, 4) is 0 Å². The molecular weight excluding hydrogens is 351 g/mol. The highest BCUT2D eigenvalue weighted by molar-refractivity contribution is 14.1. The maximum Gasteiger partial charge on any atom is 0.192 e. The Hall–Kier alpha value is 0.647. The summed E-state index contributed by atoms with van der Waals surface area (Å²) in [6, 6.07) is 3.74. The van der Waals surface area contributed by atoms with E-state index in [1.54, 1.807) is 0 Å².